The molecule has 0 spiro atoms. The van der Waals surface area contributed by atoms with Gasteiger partial charge in [-0.15, -0.1) is 11.3 Å². The van der Waals surface area contributed by atoms with Gasteiger partial charge in [0.15, 0.2) is 11.5 Å². The monoisotopic (exact) mass is 411 g/mol. The maximum absolute atomic E-state index is 13.7. The number of hydrogen-bond donors (Lipinski definition) is 1. The van der Waals surface area contributed by atoms with E-state index in [1.807, 2.05) is 29.6 Å². The smallest absolute Gasteiger partial charge is 0.225 e. The highest BCUT2D eigenvalue weighted by atomic mass is 32.1. The Morgan fingerprint density at radius 3 is 2.83 bits per heavy atom. The number of methoxy groups -OCH3 is 1. The van der Waals surface area contributed by atoms with Crippen molar-refractivity contribution in [2.45, 2.75) is 25.7 Å². The summed E-state index contributed by atoms with van der Waals surface area (Å²) in [4.78, 5) is 13.5. The number of amides is 1. The second-order valence-corrected chi connectivity index (χ2v) is 7.87. The minimum atomic E-state index is -0.298. The second-order valence-electron chi connectivity index (χ2n) is 6.96. The molecule has 1 aliphatic heterocycles. The third-order valence-electron chi connectivity index (χ3n) is 4.98. The van der Waals surface area contributed by atoms with E-state index in [0.717, 1.165) is 33.7 Å². The number of ether oxygens (including phenoxy) is 2. The third-order valence-corrected chi connectivity index (χ3v) is 6.07. The topological polar surface area (TPSA) is 47.6 Å². The molecule has 3 aromatic rings. The van der Waals surface area contributed by atoms with E-state index in [-0.39, 0.29) is 17.6 Å². The molecule has 29 heavy (non-hydrogen) atoms. The van der Waals surface area contributed by atoms with E-state index >= 15 is 0 Å². The van der Waals surface area contributed by atoms with E-state index in [0.29, 0.717) is 24.5 Å². The quantitative estimate of drug-likeness (QED) is 0.555. The fourth-order valence-corrected chi connectivity index (χ4v) is 4.76. The molecule has 4 nitrogen and oxygen atoms in total. The first kappa shape index (κ1) is 19.5. The van der Waals surface area contributed by atoms with Crippen molar-refractivity contribution in [3.63, 3.8) is 0 Å². The van der Waals surface area contributed by atoms with E-state index in [4.69, 9.17) is 9.47 Å². The molecule has 0 saturated carbocycles. The molecule has 1 aromatic heterocycles. The van der Waals surface area contributed by atoms with Crippen LogP contribution in [0.4, 0.5) is 10.1 Å². The zero-order valence-corrected chi connectivity index (χ0v) is 17.1. The molecule has 4 rings (SSSR count). The van der Waals surface area contributed by atoms with Gasteiger partial charge >= 0.3 is 0 Å². The van der Waals surface area contributed by atoms with E-state index < -0.39 is 0 Å². The van der Waals surface area contributed by atoms with Crippen LogP contribution in [0.25, 0.3) is 11.1 Å². The van der Waals surface area contributed by atoms with Crippen molar-refractivity contribution in [3.05, 3.63) is 64.1 Å². The maximum Gasteiger partial charge on any atom is 0.225 e. The Balaban J connectivity index is 1.73. The van der Waals surface area contributed by atoms with Gasteiger partial charge in [-0.25, -0.2) is 4.39 Å². The summed E-state index contributed by atoms with van der Waals surface area (Å²) >= 11 is 1.58. The zero-order chi connectivity index (χ0) is 20.4. The molecule has 1 aliphatic rings. The summed E-state index contributed by atoms with van der Waals surface area (Å²) in [5.74, 6) is 0.924. The van der Waals surface area contributed by atoms with Gasteiger partial charge in [-0.1, -0.05) is 25.1 Å². The zero-order valence-electron chi connectivity index (χ0n) is 16.3. The second kappa shape index (κ2) is 8.25. The number of halogens is 1. The predicted octanol–water partition coefficient (Wildman–Crippen LogP) is 5.83. The number of anilines is 1. The molecule has 0 saturated heterocycles. The van der Waals surface area contributed by atoms with Crippen molar-refractivity contribution in [2.75, 3.05) is 19.0 Å². The molecule has 1 amide bonds. The Bertz CT molecular complexity index is 1050. The largest absolute Gasteiger partial charge is 0.493 e. The van der Waals surface area contributed by atoms with Gasteiger partial charge in [-0.2, -0.15) is 0 Å². The maximum atomic E-state index is 13.7. The molecule has 0 aliphatic carbocycles. The average molecular weight is 411 g/mol. The van der Waals surface area contributed by atoms with Crippen molar-refractivity contribution in [3.8, 4) is 22.6 Å². The van der Waals surface area contributed by atoms with Crippen molar-refractivity contribution in [2.24, 2.45) is 0 Å². The standard InChI is InChI=1S/C23H22FNO3S/c1-3-9-28-19-8-7-15(11-20(19)27-2)17-12-21(26)25-22-18(13-29-23(17)22)14-5-4-6-16(24)10-14/h4-8,10-11,13,17H,3,9,12H2,1-2H3,(H,25,26). The third kappa shape index (κ3) is 3.85. The number of carbonyl (C=O) groups excluding carboxylic acids is 1. The molecule has 150 valence electrons. The van der Waals surface area contributed by atoms with Crippen molar-refractivity contribution >= 4 is 22.9 Å². The molecular formula is C23H22FNO3S. The van der Waals surface area contributed by atoms with Crippen LogP contribution in [-0.2, 0) is 4.79 Å². The minimum Gasteiger partial charge on any atom is -0.493 e. The minimum absolute atomic E-state index is 0.0520. The molecule has 1 N–H and O–H groups in total. The summed E-state index contributed by atoms with van der Waals surface area (Å²) in [5, 5.41) is 4.97. The lowest BCUT2D eigenvalue weighted by Crippen LogP contribution is -2.22. The molecule has 1 unspecified atom stereocenters. The van der Waals surface area contributed by atoms with Crippen LogP contribution in [0.3, 0.4) is 0 Å². The SMILES string of the molecule is CCCOc1ccc(C2CC(=O)Nc3c(-c4cccc(F)c4)csc32)cc1OC. The van der Waals surface area contributed by atoms with Crippen LogP contribution in [0.2, 0.25) is 0 Å². The molecular weight excluding hydrogens is 389 g/mol. The number of benzene rings is 2. The Kier molecular flexibility index (Phi) is 5.53. The number of hydrogen-bond acceptors (Lipinski definition) is 4. The van der Waals surface area contributed by atoms with Gasteiger partial charge in [0, 0.05) is 28.2 Å². The van der Waals surface area contributed by atoms with E-state index in [1.54, 1.807) is 24.5 Å². The summed E-state index contributed by atoms with van der Waals surface area (Å²) in [6, 6.07) is 12.3. The lowest BCUT2D eigenvalue weighted by Gasteiger charge is -2.24. The molecule has 1 atom stereocenters. The van der Waals surface area contributed by atoms with Gasteiger partial charge in [0.2, 0.25) is 5.91 Å². The van der Waals surface area contributed by atoms with Crippen LogP contribution in [0.5, 0.6) is 11.5 Å². The fraction of sp³-hybridized carbons (Fsp3) is 0.261. The Morgan fingerprint density at radius 1 is 1.21 bits per heavy atom. The summed E-state index contributed by atoms with van der Waals surface area (Å²) in [6.45, 7) is 2.67. The first-order chi connectivity index (χ1) is 14.1. The Morgan fingerprint density at radius 2 is 2.07 bits per heavy atom. The number of thiophene rings is 1. The first-order valence-corrected chi connectivity index (χ1v) is 10.5. The molecule has 0 bridgehead atoms. The number of nitrogens with one attached hydrogen (secondary N) is 1. The van der Waals surface area contributed by atoms with Crippen LogP contribution < -0.4 is 14.8 Å². The normalized spacial score (nSPS) is 15.6. The number of fused-ring (bicyclic) bond motifs is 1. The average Bonchev–Trinajstić information content (AvgIpc) is 3.15. The first-order valence-electron chi connectivity index (χ1n) is 9.58. The lowest BCUT2D eigenvalue weighted by molar-refractivity contribution is -0.116. The van der Waals surface area contributed by atoms with Gasteiger partial charge in [0.1, 0.15) is 5.82 Å². The predicted molar refractivity (Wildman–Crippen MR) is 114 cm³/mol. The van der Waals surface area contributed by atoms with Crippen LogP contribution in [0, 0.1) is 5.82 Å². The highest BCUT2D eigenvalue weighted by Crippen LogP contribution is 2.47. The summed E-state index contributed by atoms with van der Waals surface area (Å²) in [7, 11) is 1.62. The number of rotatable bonds is 6. The lowest BCUT2D eigenvalue weighted by atomic mass is 9.89. The Labute approximate surface area is 173 Å². The van der Waals surface area contributed by atoms with Crippen LogP contribution in [0.15, 0.2) is 47.8 Å². The molecule has 0 fully saturated rings. The van der Waals surface area contributed by atoms with Crippen molar-refractivity contribution in [1.82, 2.24) is 0 Å². The molecule has 2 heterocycles. The van der Waals surface area contributed by atoms with E-state index in [9.17, 15) is 9.18 Å². The van der Waals surface area contributed by atoms with Crippen molar-refractivity contribution < 1.29 is 18.7 Å². The van der Waals surface area contributed by atoms with Crippen LogP contribution >= 0.6 is 11.3 Å². The molecule has 6 heteroatoms. The van der Waals surface area contributed by atoms with Crippen molar-refractivity contribution in [1.29, 1.82) is 0 Å². The summed E-state index contributed by atoms with van der Waals surface area (Å²) in [6.07, 6.45) is 1.27. The fourth-order valence-electron chi connectivity index (χ4n) is 3.60. The van der Waals surface area contributed by atoms with E-state index in [2.05, 4.69) is 12.2 Å². The van der Waals surface area contributed by atoms with Gasteiger partial charge in [0.05, 0.1) is 19.4 Å². The highest BCUT2D eigenvalue weighted by molar-refractivity contribution is 7.11. The van der Waals surface area contributed by atoms with Gasteiger partial charge < -0.3 is 14.8 Å². The van der Waals surface area contributed by atoms with Gasteiger partial charge in [-0.05, 0) is 41.8 Å². The summed E-state index contributed by atoms with van der Waals surface area (Å²) in [5.41, 5.74) is 3.36. The van der Waals surface area contributed by atoms with Gasteiger partial charge in [-0.3, -0.25) is 4.79 Å². The van der Waals surface area contributed by atoms with E-state index in [1.165, 1.54) is 12.1 Å². The summed E-state index contributed by atoms with van der Waals surface area (Å²) < 4.78 is 25.0. The number of carbonyl (C=O) groups is 1. The molecule has 0 radical (unpaired) electrons. The molecule has 2 aromatic carbocycles. The van der Waals surface area contributed by atoms with Crippen LogP contribution in [-0.4, -0.2) is 19.6 Å². The van der Waals surface area contributed by atoms with Gasteiger partial charge in [0.25, 0.3) is 0 Å². The van der Waals surface area contributed by atoms with Crippen LogP contribution in [0.1, 0.15) is 36.1 Å². The Hall–Kier alpha value is -2.86. The highest BCUT2D eigenvalue weighted by Gasteiger charge is 2.31.